The Bertz CT molecular complexity index is 478. The number of nitrogens with two attached hydrogens (primary N) is 1. The molecule has 2 rings (SSSR count). The zero-order valence-electron chi connectivity index (χ0n) is 10.8. The van der Waals surface area contributed by atoms with Crippen LogP contribution in [-0.4, -0.2) is 37.8 Å². The molecule has 0 aromatic heterocycles. The molecule has 1 heterocycles. The van der Waals surface area contributed by atoms with Crippen LogP contribution in [0, 0.1) is 10.1 Å². The Kier molecular flexibility index (Phi) is 4.06. The lowest BCUT2D eigenvalue weighted by atomic mass is 10.2. The number of rotatable bonds is 5. The molecule has 1 aromatic carbocycles. The monoisotopic (exact) mass is 267 g/mol. The van der Waals surface area contributed by atoms with Crippen LogP contribution < -0.4 is 20.1 Å². The number of likely N-dealkylation sites (N-methyl/N-ethyl adjacent to an activating group) is 1. The molecular weight excluding hydrogens is 250 g/mol. The van der Waals surface area contributed by atoms with Gasteiger partial charge in [0.15, 0.2) is 11.5 Å². The standard InChI is InChI=1S/C12H17N3O4/c1-2-14(4-3-13)9-7-11-12(19-6-5-18-11)8-10(9)15(16)17/h7-8H,2-6,13H2,1H3. The van der Waals surface area contributed by atoms with Crippen molar-refractivity contribution in [3.05, 3.63) is 22.2 Å². The molecule has 0 aliphatic carbocycles. The zero-order valence-corrected chi connectivity index (χ0v) is 10.8. The highest BCUT2D eigenvalue weighted by molar-refractivity contribution is 5.70. The molecule has 0 spiro atoms. The highest BCUT2D eigenvalue weighted by Gasteiger charge is 2.24. The number of nitro groups is 1. The van der Waals surface area contributed by atoms with E-state index in [-0.39, 0.29) is 5.69 Å². The van der Waals surface area contributed by atoms with Gasteiger partial charge < -0.3 is 20.1 Å². The molecule has 19 heavy (non-hydrogen) atoms. The first-order valence-electron chi connectivity index (χ1n) is 6.20. The molecule has 104 valence electrons. The van der Waals surface area contributed by atoms with Crippen molar-refractivity contribution in [3.8, 4) is 11.5 Å². The van der Waals surface area contributed by atoms with Gasteiger partial charge in [-0.3, -0.25) is 10.1 Å². The van der Waals surface area contributed by atoms with Gasteiger partial charge in [0, 0.05) is 25.7 Å². The highest BCUT2D eigenvalue weighted by atomic mass is 16.6. The van der Waals surface area contributed by atoms with E-state index in [1.54, 1.807) is 6.07 Å². The molecule has 0 atom stereocenters. The quantitative estimate of drug-likeness (QED) is 0.635. The molecule has 1 aromatic rings. The predicted octanol–water partition coefficient (Wildman–Crippen LogP) is 1.15. The summed E-state index contributed by atoms with van der Waals surface area (Å²) < 4.78 is 10.8. The van der Waals surface area contributed by atoms with Crippen LogP contribution in [-0.2, 0) is 0 Å². The second kappa shape index (κ2) is 5.75. The molecule has 7 heteroatoms. The first-order chi connectivity index (χ1) is 9.17. The van der Waals surface area contributed by atoms with Gasteiger partial charge in [-0.25, -0.2) is 0 Å². The summed E-state index contributed by atoms with van der Waals surface area (Å²) >= 11 is 0. The fraction of sp³-hybridized carbons (Fsp3) is 0.500. The molecule has 0 bridgehead atoms. The zero-order chi connectivity index (χ0) is 13.8. The molecule has 0 fully saturated rings. The average molecular weight is 267 g/mol. The van der Waals surface area contributed by atoms with Crippen molar-refractivity contribution < 1.29 is 14.4 Å². The SMILES string of the molecule is CCN(CCN)c1cc2c(cc1[N+](=O)[O-])OCCO2. The normalized spacial score (nSPS) is 13.2. The Hall–Kier alpha value is -2.02. The van der Waals surface area contributed by atoms with Crippen molar-refractivity contribution in [2.24, 2.45) is 5.73 Å². The van der Waals surface area contributed by atoms with Gasteiger partial charge in [-0.05, 0) is 6.92 Å². The Morgan fingerprint density at radius 1 is 1.37 bits per heavy atom. The molecule has 0 amide bonds. The maximum absolute atomic E-state index is 11.2. The van der Waals surface area contributed by atoms with Gasteiger partial charge >= 0.3 is 0 Å². The van der Waals surface area contributed by atoms with Gasteiger partial charge in [-0.2, -0.15) is 0 Å². The summed E-state index contributed by atoms with van der Waals surface area (Å²) in [5.41, 5.74) is 6.07. The van der Waals surface area contributed by atoms with Crippen LogP contribution in [0.4, 0.5) is 11.4 Å². The average Bonchev–Trinajstić information content (AvgIpc) is 2.43. The second-order valence-electron chi connectivity index (χ2n) is 4.11. The first-order valence-corrected chi connectivity index (χ1v) is 6.20. The molecular formula is C12H17N3O4. The van der Waals surface area contributed by atoms with Gasteiger partial charge in [0.25, 0.3) is 5.69 Å². The van der Waals surface area contributed by atoms with E-state index in [4.69, 9.17) is 15.2 Å². The summed E-state index contributed by atoms with van der Waals surface area (Å²) in [6, 6.07) is 3.08. The van der Waals surface area contributed by atoms with Crippen LogP contribution in [0.2, 0.25) is 0 Å². The van der Waals surface area contributed by atoms with E-state index in [2.05, 4.69) is 0 Å². The highest BCUT2D eigenvalue weighted by Crippen LogP contribution is 2.40. The maximum atomic E-state index is 11.2. The predicted molar refractivity (Wildman–Crippen MR) is 71.0 cm³/mol. The van der Waals surface area contributed by atoms with Gasteiger partial charge in [0.2, 0.25) is 0 Å². The van der Waals surface area contributed by atoms with Crippen molar-refractivity contribution in [1.29, 1.82) is 0 Å². The number of nitrogens with zero attached hydrogens (tertiary/aromatic N) is 2. The van der Waals surface area contributed by atoms with Crippen molar-refractivity contribution in [2.75, 3.05) is 37.7 Å². The van der Waals surface area contributed by atoms with Gasteiger partial charge in [0.1, 0.15) is 18.9 Å². The summed E-state index contributed by atoms with van der Waals surface area (Å²) in [4.78, 5) is 12.6. The summed E-state index contributed by atoms with van der Waals surface area (Å²) in [5, 5.41) is 11.2. The van der Waals surface area contributed by atoms with Gasteiger partial charge in [-0.15, -0.1) is 0 Å². The third kappa shape index (κ3) is 2.70. The minimum atomic E-state index is -0.410. The van der Waals surface area contributed by atoms with Gasteiger partial charge in [-0.1, -0.05) is 0 Å². The van der Waals surface area contributed by atoms with E-state index < -0.39 is 4.92 Å². The van der Waals surface area contributed by atoms with E-state index in [0.717, 1.165) is 0 Å². The number of nitro benzene ring substituents is 1. The largest absolute Gasteiger partial charge is 0.486 e. The summed E-state index contributed by atoms with van der Waals surface area (Å²) in [5.74, 6) is 0.966. The third-order valence-electron chi connectivity index (χ3n) is 2.96. The second-order valence-corrected chi connectivity index (χ2v) is 4.11. The number of benzene rings is 1. The van der Waals surface area contributed by atoms with Crippen molar-refractivity contribution in [2.45, 2.75) is 6.92 Å². The maximum Gasteiger partial charge on any atom is 0.296 e. The lowest BCUT2D eigenvalue weighted by Gasteiger charge is -2.25. The fourth-order valence-electron chi connectivity index (χ4n) is 2.07. The smallest absolute Gasteiger partial charge is 0.296 e. The van der Waals surface area contributed by atoms with Crippen LogP contribution >= 0.6 is 0 Å². The van der Waals surface area contributed by atoms with Crippen LogP contribution in [0.25, 0.3) is 0 Å². The fourth-order valence-corrected chi connectivity index (χ4v) is 2.07. The minimum absolute atomic E-state index is 0.0135. The van der Waals surface area contributed by atoms with Crippen LogP contribution in [0.3, 0.4) is 0 Å². The van der Waals surface area contributed by atoms with Crippen LogP contribution in [0.5, 0.6) is 11.5 Å². The topological polar surface area (TPSA) is 90.9 Å². The van der Waals surface area contributed by atoms with E-state index >= 15 is 0 Å². The Morgan fingerprint density at radius 2 is 2.00 bits per heavy atom. The lowest BCUT2D eigenvalue weighted by molar-refractivity contribution is -0.384. The molecule has 1 aliphatic heterocycles. The summed E-state index contributed by atoms with van der Waals surface area (Å²) in [6.45, 7) is 4.40. The Morgan fingerprint density at radius 3 is 2.53 bits per heavy atom. The number of hydrogen-bond donors (Lipinski definition) is 1. The number of hydrogen-bond acceptors (Lipinski definition) is 6. The number of fused-ring (bicyclic) bond motifs is 1. The van der Waals surface area contributed by atoms with Crippen LogP contribution in [0.1, 0.15) is 6.92 Å². The molecule has 2 N–H and O–H groups in total. The van der Waals surface area contributed by atoms with E-state index in [1.807, 2.05) is 11.8 Å². The molecule has 7 nitrogen and oxygen atoms in total. The molecule has 1 aliphatic rings. The molecule has 0 radical (unpaired) electrons. The van der Waals surface area contributed by atoms with E-state index in [1.165, 1.54) is 6.07 Å². The number of ether oxygens (including phenoxy) is 2. The van der Waals surface area contributed by atoms with E-state index in [9.17, 15) is 10.1 Å². The molecule has 0 saturated carbocycles. The van der Waals surface area contributed by atoms with E-state index in [0.29, 0.717) is 50.0 Å². The Balaban J connectivity index is 2.47. The minimum Gasteiger partial charge on any atom is -0.486 e. The molecule has 0 saturated heterocycles. The van der Waals surface area contributed by atoms with Crippen LogP contribution in [0.15, 0.2) is 12.1 Å². The third-order valence-corrected chi connectivity index (χ3v) is 2.96. The van der Waals surface area contributed by atoms with Crippen molar-refractivity contribution >= 4 is 11.4 Å². The van der Waals surface area contributed by atoms with Crippen molar-refractivity contribution in [1.82, 2.24) is 0 Å². The Labute approximate surface area is 111 Å². The summed E-state index contributed by atoms with van der Waals surface area (Å²) in [7, 11) is 0. The summed E-state index contributed by atoms with van der Waals surface area (Å²) in [6.07, 6.45) is 0. The molecule has 0 unspecified atom stereocenters. The van der Waals surface area contributed by atoms with Crippen molar-refractivity contribution in [3.63, 3.8) is 0 Å². The number of anilines is 1. The first kappa shape index (κ1) is 13.4. The van der Waals surface area contributed by atoms with Gasteiger partial charge in [0.05, 0.1) is 11.0 Å². The lowest BCUT2D eigenvalue weighted by Crippen LogP contribution is -2.30.